The lowest BCUT2D eigenvalue weighted by molar-refractivity contribution is -0.121. The Kier molecular flexibility index (Phi) is 6.46. The van der Waals surface area contributed by atoms with Gasteiger partial charge in [0.25, 0.3) is 5.91 Å². The number of halogens is 1. The molecule has 3 aromatic rings. The van der Waals surface area contributed by atoms with Crippen LogP contribution in [0.5, 0.6) is 0 Å². The van der Waals surface area contributed by atoms with Crippen molar-refractivity contribution in [1.29, 1.82) is 0 Å². The first kappa shape index (κ1) is 19.2. The first-order valence-corrected chi connectivity index (χ1v) is 8.92. The number of carbonyl (C=O) groups is 2. The highest BCUT2D eigenvalue weighted by Gasteiger charge is 2.08. The summed E-state index contributed by atoms with van der Waals surface area (Å²) in [5.41, 5.74) is 2.53. The molecule has 1 heterocycles. The number of aromatic nitrogens is 1. The van der Waals surface area contributed by atoms with Crippen molar-refractivity contribution in [2.24, 2.45) is 0 Å². The second kappa shape index (κ2) is 9.41. The van der Waals surface area contributed by atoms with Gasteiger partial charge in [-0.2, -0.15) is 0 Å². The Labute approximate surface area is 162 Å². The van der Waals surface area contributed by atoms with Crippen LogP contribution in [0.3, 0.4) is 0 Å². The van der Waals surface area contributed by atoms with Crippen LogP contribution in [-0.4, -0.2) is 16.8 Å². The van der Waals surface area contributed by atoms with Gasteiger partial charge in [-0.1, -0.05) is 30.3 Å². The van der Waals surface area contributed by atoms with E-state index in [0.717, 1.165) is 5.56 Å². The van der Waals surface area contributed by atoms with E-state index in [1.165, 1.54) is 6.07 Å². The number of rotatable bonds is 7. The maximum Gasteiger partial charge on any atom is 0.255 e. The van der Waals surface area contributed by atoms with Crippen LogP contribution in [-0.2, 0) is 17.8 Å². The minimum absolute atomic E-state index is 0.158. The van der Waals surface area contributed by atoms with Crippen molar-refractivity contribution in [2.75, 3.05) is 5.32 Å². The number of benzene rings is 2. The van der Waals surface area contributed by atoms with Crippen molar-refractivity contribution in [3.8, 4) is 0 Å². The SMILES string of the molecule is O=C(CCc1ccccc1F)NCc1cccc(NC(=O)c2ccncc2)c1. The summed E-state index contributed by atoms with van der Waals surface area (Å²) in [5, 5.41) is 5.64. The molecule has 1 aromatic heterocycles. The molecule has 0 aliphatic heterocycles. The van der Waals surface area contributed by atoms with Crippen LogP contribution in [0.15, 0.2) is 73.1 Å². The molecule has 0 spiro atoms. The smallest absolute Gasteiger partial charge is 0.255 e. The molecule has 5 nitrogen and oxygen atoms in total. The number of carbonyl (C=O) groups excluding carboxylic acids is 2. The average molecular weight is 377 g/mol. The molecule has 0 atom stereocenters. The molecule has 0 saturated carbocycles. The largest absolute Gasteiger partial charge is 0.352 e. The van der Waals surface area contributed by atoms with Gasteiger partial charge in [0.1, 0.15) is 5.82 Å². The molecular weight excluding hydrogens is 357 g/mol. The lowest BCUT2D eigenvalue weighted by Gasteiger charge is -2.09. The third-order valence-corrected chi connectivity index (χ3v) is 4.20. The molecule has 28 heavy (non-hydrogen) atoms. The molecule has 2 aromatic carbocycles. The molecule has 0 bridgehead atoms. The zero-order chi connectivity index (χ0) is 19.8. The number of pyridine rings is 1. The topological polar surface area (TPSA) is 71.1 Å². The van der Waals surface area contributed by atoms with E-state index >= 15 is 0 Å². The van der Waals surface area contributed by atoms with Gasteiger partial charge in [0.15, 0.2) is 0 Å². The van der Waals surface area contributed by atoms with Gasteiger partial charge in [-0.05, 0) is 47.9 Å². The van der Waals surface area contributed by atoms with Crippen molar-refractivity contribution in [3.05, 3.63) is 95.6 Å². The van der Waals surface area contributed by atoms with E-state index in [2.05, 4.69) is 15.6 Å². The predicted octanol–water partition coefficient (Wildman–Crippen LogP) is 3.72. The maximum absolute atomic E-state index is 13.6. The number of nitrogens with zero attached hydrogens (tertiary/aromatic N) is 1. The summed E-state index contributed by atoms with van der Waals surface area (Å²) in [5.74, 6) is -0.684. The molecule has 0 unspecified atom stereocenters. The second-order valence-electron chi connectivity index (χ2n) is 6.26. The highest BCUT2D eigenvalue weighted by molar-refractivity contribution is 6.04. The van der Waals surface area contributed by atoms with Crippen LogP contribution in [0.25, 0.3) is 0 Å². The monoisotopic (exact) mass is 377 g/mol. The Bertz CT molecular complexity index is 961. The molecule has 2 amide bonds. The van der Waals surface area contributed by atoms with Crippen LogP contribution < -0.4 is 10.6 Å². The number of nitrogens with one attached hydrogen (secondary N) is 2. The van der Waals surface area contributed by atoms with Gasteiger partial charge in [0.2, 0.25) is 5.91 Å². The number of anilines is 1. The first-order valence-electron chi connectivity index (χ1n) is 8.92. The minimum atomic E-state index is -0.298. The molecule has 0 saturated heterocycles. The Morgan fingerprint density at radius 3 is 2.54 bits per heavy atom. The average Bonchev–Trinajstić information content (AvgIpc) is 2.72. The zero-order valence-electron chi connectivity index (χ0n) is 15.2. The van der Waals surface area contributed by atoms with Gasteiger partial charge >= 0.3 is 0 Å². The zero-order valence-corrected chi connectivity index (χ0v) is 15.2. The predicted molar refractivity (Wildman–Crippen MR) is 105 cm³/mol. The van der Waals surface area contributed by atoms with Crippen molar-refractivity contribution < 1.29 is 14.0 Å². The summed E-state index contributed by atoms with van der Waals surface area (Å²) in [6.07, 6.45) is 3.67. The molecule has 3 rings (SSSR count). The van der Waals surface area contributed by atoms with E-state index in [9.17, 15) is 14.0 Å². The van der Waals surface area contributed by atoms with E-state index in [4.69, 9.17) is 0 Å². The summed E-state index contributed by atoms with van der Waals surface area (Å²) in [7, 11) is 0. The van der Waals surface area contributed by atoms with Crippen molar-refractivity contribution >= 4 is 17.5 Å². The number of aryl methyl sites for hydroxylation is 1. The molecule has 0 fully saturated rings. The van der Waals surface area contributed by atoms with E-state index in [1.807, 2.05) is 12.1 Å². The second-order valence-corrected chi connectivity index (χ2v) is 6.26. The fourth-order valence-electron chi connectivity index (χ4n) is 2.70. The Morgan fingerprint density at radius 1 is 0.964 bits per heavy atom. The fourth-order valence-corrected chi connectivity index (χ4v) is 2.70. The van der Waals surface area contributed by atoms with Crippen molar-refractivity contribution in [2.45, 2.75) is 19.4 Å². The lowest BCUT2D eigenvalue weighted by atomic mass is 10.1. The summed E-state index contributed by atoms with van der Waals surface area (Å²) >= 11 is 0. The Morgan fingerprint density at radius 2 is 1.75 bits per heavy atom. The maximum atomic E-state index is 13.6. The van der Waals surface area contributed by atoms with Gasteiger partial charge in [0.05, 0.1) is 0 Å². The fraction of sp³-hybridized carbons (Fsp3) is 0.136. The molecule has 0 aliphatic carbocycles. The van der Waals surface area contributed by atoms with Gasteiger partial charge < -0.3 is 10.6 Å². The van der Waals surface area contributed by atoms with Crippen LogP contribution in [0.2, 0.25) is 0 Å². The van der Waals surface area contributed by atoms with Crippen LogP contribution in [0.4, 0.5) is 10.1 Å². The Hall–Kier alpha value is -3.54. The summed E-state index contributed by atoms with van der Waals surface area (Å²) in [4.78, 5) is 28.1. The quantitative estimate of drug-likeness (QED) is 0.659. The van der Waals surface area contributed by atoms with E-state index in [1.54, 1.807) is 54.9 Å². The molecule has 6 heteroatoms. The molecule has 142 valence electrons. The molecule has 0 aliphatic rings. The summed E-state index contributed by atoms with van der Waals surface area (Å²) in [6.45, 7) is 0.328. The number of hydrogen-bond acceptors (Lipinski definition) is 3. The number of hydrogen-bond donors (Lipinski definition) is 2. The summed E-state index contributed by atoms with van der Waals surface area (Å²) < 4.78 is 13.6. The van der Waals surface area contributed by atoms with Gasteiger partial charge in [-0.15, -0.1) is 0 Å². The third-order valence-electron chi connectivity index (χ3n) is 4.20. The number of amides is 2. The molecule has 2 N–H and O–H groups in total. The summed E-state index contributed by atoms with van der Waals surface area (Å²) in [6, 6.07) is 17.0. The standard InChI is InChI=1S/C22H20FN3O2/c23-20-7-2-1-5-17(20)8-9-21(27)25-15-16-4-3-6-19(14-16)26-22(28)18-10-12-24-13-11-18/h1-7,10-14H,8-9,15H2,(H,25,27)(H,26,28). The molecule has 0 radical (unpaired) electrons. The van der Waals surface area contributed by atoms with Crippen LogP contribution in [0.1, 0.15) is 27.9 Å². The van der Waals surface area contributed by atoms with Crippen LogP contribution in [0, 0.1) is 5.82 Å². The van der Waals surface area contributed by atoms with Gasteiger partial charge in [0, 0.05) is 36.6 Å². The minimum Gasteiger partial charge on any atom is -0.352 e. The van der Waals surface area contributed by atoms with E-state index in [-0.39, 0.29) is 24.1 Å². The Balaban J connectivity index is 1.51. The normalized spacial score (nSPS) is 10.3. The lowest BCUT2D eigenvalue weighted by Crippen LogP contribution is -2.23. The van der Waals surface area contributed by atoms with E-state index in [0.29, 0.717) is 29.8 Å². The first-order chi connectivity index (χ1) is 13.6. The highest BCUT2D eigenvalue weighted by Crippen LogP contribution is 2.13. The highest BCUT2D eigenvalue weighted by atomic mass is 19.1. The van der Waals surface area contributed by atoms with Gasteiger partial charge in [-0.25, -0.2) is 4.39 Å². The van der Waals surface area contributed by atoms with E-state index < -0.39 is 0 Å². The molecular formula is C22H20FN3O2. The van der Waals surface area contributed by atoms with Crippen molar-refractivity contribution in [1.82, 2.24) is 10.3 Å². The van der Waals surface area contributed by atoms with Crippen LogP contribution >= 0.6 is 0 Å². The third kappa shape index (κ3) is 5.48. The van der Waals surface area contributed by atoms with Gasteiger partial charge in [-0.3, -0.25) is 14.6 Å². The van der Waals surface area contributed by atoms with Crippen molar-refractivity contribution in [3.63, 3.8) is 0 Å².